The molecule has 0 unspecified atom stereocenters. The average Bonchev–Trinajstić information content (AvgIpc) is 3.57. The lowest BCUT2D eigenvalue weighted by molar-refractivity contribution is 0.144. The van der Waals surface area contributed by atoms with Crippen LogP contribution in [0.5, 0.6) is 0 Å². The molecule has 178 valence electrons. The summed E-state index contributed by atoms with van der Waals surface area (Å²) in [6, 6.07) is 14.8. The largest absolute Gasteiger partial charge is 0.383 e. The molecule has 1 aliphatic rings. The summed E-state index contributed by atoms with van der Waals surface area (Å²) in [5.41, 5.74) is 5.86. The summed E-state index contributed by atoms with van der Waals surface area (Å²) < 4.78 is 7.21. The lowest BCUT2D eigenvalue weighted by atomic mass is 10.1. The van der Waals surface area contributed by atoms with Gasteiger partial charge in [0.05, 0.1) is 24.0 Å². The fourth-order valence-corrected chi connectivity index (χ4v) is 4.59. The summed E-state index contributed by atoms with van der Waals surface area (Å²) in [5, 5.41) is 11.7. The molecule has 0 aliphatic carbocycles. The Hall–Kier alpha value is -3.95. The monoisotopic (exact) mass is 468 g/mol. The second-order valence-electron chi connectivity index (χ2n) is 8.80. The van der Waals surface area contributed by atoms with Crippen LogP contribution in [0.2, 0.25) is 0 Å². The van der Waals surface area contributed by atoms with Crippen LogP contribution in [0.4, 0.5) is 17.2 Å². The predicted molar refractivity (Wildman–Crippen MR) is 138 cm³/mol. The molecule has 2 aromatic carbocycles. The molecule has 5 aromatic rings. The second-order valence-corrected chi connectivity index (χ2v) is 8.80. The molecule has 1 saturated heterocycles. The topological polar surface area (TPSA) is 86.6 Å². The lowest BCUT2D eigenvalue weighted by Gasteiger charge is -2.36. The average molecular weight is 469 g/mol. The number of rotatable bonds is 7. The third-order valence-corrected chi connectivity index (χ3v) is 6.59. The van der Waals surface area contributed by atoms with Crippen molar-refractivity contribution in [3.05, 3.63) is 67.3 Å². The standard InChI is InChI=1S/C26H28N8O/c1-35-15-14-32-10-12-33(13-11-32)22-6-4-21(5-7-22)29-25-26-27-8-9-34(26)18-24(30-25)19-2-3-20-17-28-31-23(20)16-19/h2-9,16-18H,10-15H2,1H3,(H,28,31)(H,29,30). The molecule has 0 amide bonds. The fourth-order valence-electron chi connectivity index (χ4n) is 4.59. The van der Waals surface area contributed by atoms with Gasteiger partial charge < -0.3 is 19.4 Å². The number of ether oxygens (including phenoxy) is 1. The van der Waals surface area contributed by atoms with Gasteiger partial charge in [0.2, 0.25) is 0 Å². The van der Waals surface area contributed by atoms with Gasteiger partial charge in [-0.15, -0.1) is 0 Å². The van der Waals surface area contributed by atoms with Crippen molar-refractivity contribution >= 4 is 33.7 Å². The molecule has 0 radical (unpaired) electrons. The minimum atomic E-state index is 0.719. The van der Waals surface area contributed by atoms with Crippen molar-refractivity contribution in [3.8, 4) is 11.3 Å². The van der Waals surface area contributed by atoms with E-state index < -0.39 is 0 Å². The Morgan fingerprint density at radius 1 is 1.06 bits per heavy atom. The SMILES string of the molecule is COCCN1CCN(c2ccc(Nc3nc(-c4ccc5cn[nH]c5c4)cn4ccnc34)cc2)CC1. The van der Waals surface area contributed by atoms with Gasteiger partial charge in [0, 0.05) is 80.7 Å². The van der Waals surface area contributed by atoms with Gasteiger partial charge in [-0.05, 0) is 30.3 Å². The molecule has 0 saturated carbocycles. The van der Waals surface area contributed by atoms with Crippen molar-refractivity contribution in [2.45, 2.75) is 0 Å². The Balaban J connectivity index is 1.21. The predicted octanol–water partition coefficient (Wildman–Crippen LogP) is 3.78. The first kappa shape index (κ1) is 21.6. The maximum atomic E-state index is 5.21. The van der Waals surface area contributed by atoms with E-state index in [9.17, 15) is 0 Å². The number of nitrogens with one attached hydrogen (secondary N) is 2. The normalized spacial score (nSPS) is 14.7. The van der Waals surface area contributed by atoms with E-state index in [1.807, 2.05) is 23.0 Å². The first-order valence-corrected chi connectivity index (χ1v) is 11.9. The zero-order chi connectivity index (χ0) is 23.6. The molecule has 3 aromatic heterocycles. The highest BCUT2D eigenvalue weighted by Gasteiger charge is 2.17. The number of hydrogen-bond donors (Lipinski definition) is 2. The van der Waals surface area contributed by atoms with Crippen molar-refractivity contribution in [2.24, 2.45) is 0 Å². The van der Waals surface area contributed by atoms with Gasteiger partial charge in [-0.1, -0.05) is 12.1 Å². The van der Waals surface area contributed by atoms with Crippen LogP contribution in [-0.4, -0.2) is 75.9 Å². The maximum Gasteiger partial charge on any atom is 0.180 e. The van der Waals surface area contributed by atoms with E-state index >= 15 is 0 Å². The van der Waals surface area contributed by atoms with Crippen LogP contribution in [0.25, 0.3) is 27.8 Å². The quantitative estimate of drug-likeness (QED) is 0.376. The summed E-state index contributed by atoms with van der Waals surface area (Å²) in [7, 11) is 1.76. The molecule has 4 heterocycles. The van der Waals surface area contributed by atoms with E-state index in [0.717, 1.165) is 78.6 Å². The Bertz CT molecular complexity index is 1430. The van der Waals surface area contributed by atoms with Crippen LogP contribution in [0.15, 0.2) is 67.3 Å². The summed E-state index contributed by atoms with van der Waals surface area (Å²) in [5.74, 6) is 0.719. The lowest BCUT2D eigenvalue weighted by Crippen LogP contribution is -2.47. The molecule has 1 aliphatic heterocycles. The van der Waals surface area contributed by atoms with Crippen LogP contribution in [0.1, 0.15) is 0 Å². The van der Waals surface area contributed by atoms with Crippen molar-refractivity contribution in [1.29, 1.82) is 0 Å². The van der Waals surface area contributed by atoms with E-state index in [4.69, 9.17) is 9.72 Å². The van der Waals surface area contributed by atoms with E-state index in [-0.39, 0.29) is 0 Å². The number of hydrogen-bond acceptors (Lipinski definition) is 7. The zero-order valence-electron chi connectivity index (χ0n) is 19.7. The first-order valence-electron chi connectivity index (χ1n) is 11.9. The Morgan fingerprint density at radius 2 is 1.91 bits per heavy atom. The van der Waals surface area contributed by atoms with Gasteiger partial charge in [0.25, 0.3) is 0 Å². The van der Waals surface area contributed by atoms with E-state index in [2.05, 4.69) is 72.8 Å². The highest BCUT2D eigenvalue weighted by Crippen LogP contribution is 2.27. The van der Waals surface area contributed by atoms with Gasteiger partial charge >= 0.3 is 0 Å². The van der Waals surface area contributed by atoms with Crippen molar-refractivity contribution < 1.29 is 4.74 Å². The van der Waals surface area contributed by atoms with Crippen LogP contribution < -0.4 is 10.2 Å². The van der Waals surface area contributed by atoms with Gasteiger partial charge in [-0.2, -0.15) is 5.10 Å². The van der Waals surface area contributed by atoms with Crippen molar-refractivity contribution in [1.82, 2.24) is 29.5 Å². The Labute approximate surface area is 203 Å². The number of nitrogens with zero attached hydrogens (tertiary/aromatic N) is 6. The zero-order valence-corrected chi connectivity index (χ0v) is 19.7. The van der Waals surface area contributed by atoms with Gasteiger partial charge in [0.1, 0.15) is 0 Å². The fraction of sp³-hybridized carbons (Fsp3) is 0.269. The summed E-state index contributed by atoms with van der Waals surface area (Å²) in [4.78, 5) is 14.3. The van der Waals surface area contributed by atoms with Gasteiger partial charge in [-0.25, -0.2) is 9.97 Å². The Morgan fingerprint density at radius 3 is 2.74 bits per heavy atom. The third kappa shape index (κ3) is 4.43. The van der Waals surface area contributed by atoms with Gasteiger partial charge in [0.15, 0.2) is 11.5 Å². The van der Waals surface area contributed by atoms with E-state index in [0.29, 0.717) is 0 Å². The molecule has 9 nitrogen and oxygen atoms in total. The number of aromatic nitrogens is 5. The Kier molecular flexibility index (Phi) is 5.77. The molecule has 0 atom stereocenters. The second kappa shape index (κ2) is 9.36. The molecule has 0 spiro atoms. The molecule has 35 heavy (non-hydrogen) atoms. The number of methoxy groups -OCH3 is 1. The number of imidazole rings is 1. The number of benzene rings is 2. The highest BCUT2D eigenvalue weighted by molar-refractivity contribution is 5.84. The summed E-state index contributed by atoms with van der Waals surface area (Å²) >= 11 is 0. The summed E-state index contributed by atoms with van der Waals surface area (Å²) in [6.45, 7) is 5.95. The van der Waals surface area contributed by atoms with Crippen LogP contribution in [0.3, 0.4) is 0 Å². The highest BCUT2D eigenvalue weighted by atomic mass is 16.5. The van der Waals surface area contributed by atoms with Crippen LogP contribution >= 0.6 is 0 Å². The maximum absolute atomic E-state index is 5.21. The molecule has 6 rings (SSSR count). The molecule has 9 heteroatoms. The smallest absolute Gasteiger partial charge is 0.180 e. The molecule has 2 N–H and O–H groups in total. The summed E-state index contributed by atoms with van der Waals surface area (Å²) in [6.07, 6.45) is 7.55. The molecule has 0 bridgehead atoms. The molecule has 1 fully saturated rings. The van der Waals surface area contributed by atoms with E-state index in [1.54, 1.807) is 13.3 Å². The first-order chi connectivity index (χ1) is 17.3. The minimum absolute atomic E-state index is 0.719. The van der Waals surface area contributed by atoms with Crippen molar-refractivity contribution in [2.75, 3.05) is 56.7 Å². The number of aromatic amines is 1. The number of piperazine rings is 1. The van der Waals surface area contributed by atoms with Crippen molar-refractivity contribution in [3.63, 3.8) is 0 Å². The molecular weight excluding hydrogens is 440 g/mol. The van der Waals surface area contributed by atoms with Gasteiger partial charge in [-0.3, -0.25) is 10.00 Å². The van der Waals surface area contributed by atoms with Crippen LogP contribution in [-0.2, 0) is 4.74 Å². The molecular formula is C26H28N8O. The number of fused-ring (bicyclic) bond motifs is 2. The minimum Gasteiger partial charge on any atom is -0.383 e. The van der Waals surface area contributed by atoms with E-state index in [1.165, 1.54) is 5.69 Å². The number of anilines is 3. The van der Waals surface area contributed by atoms with Crippen LogP contribution in [0, 0.1) is 0 Å². The third-order valence-electron chi connectivity index (χ3n) is 6.59. The number of H-pyrrole nitrogens is 1.